The summed E-state index contributed by atoms with van der Waals surface area (Å²) in [7, 11) is 1.32. The molecule has 2 aliphatic carbocycles. The van der Waals surface area contributed by atoms with Crippen molar-refractivity contribution >= 4 is 11.9 Å². The molecular weight excluding hydrogens is 433 g/mol. The van der Waals surface area contributed by atoms with Gasteiger partial charge in [0.15, 0.2) is 0 Å². The maximum Gasteiger partial charge on any atom is 0.328 e. The van der Waals surface area contributed by atoms with E-state index in [1.165, 1.54) is 23.6 Å². The maximum absolute atomic E-state index is 15.3. The number of carbonyl (C=O) groups excluding carboxylic acids is 2. The number of carbonyl (C=O) groups is 2. The number of hydrogen-bond acceptors (Lipinski definition) is 4. The molecule has 0 aromatic heterocycles. The zero-order chi connectivity index (χ0) is 24.6. The van der Waals surface area contributed by atoms with Crippen LogP contribution in [0.2, 0.25) is 0 Å². The fraction of sp³-hybridized carbons (Fsp3) is 0.643. The Morgan fingerprint density at radius 1 is 1.24 bits per heavy atom. The van der Waals surface area contributed by atoms with E-state index in [-0.39, 0.29) is 22.8 Å². The van der Waals surface area contributed by atoms with Gasteiger partial charge in [0.1, 0.15) is 17.6 Å². The molecule has 1 aliphatic heterocycles. The Kier molecular flexibility index (Phi) is 7.07. The molecule has 34 heavy (non-hydrogen) atoms. The molecule has 3 unspecified atom stereocenters. The minimum absolute atomic E-state index is 0.0139. The van der Waals surface area contributed by atoms with Gasteiger partial charge in [0.05, 0.1) is 19.3 Å². The molecule has 3 aliphatic rings. The molecule has 0 radical (unpaired) electrons. The zero-order valence-corrected chi connectivity index (χ0v) is 21.0. The number of allylic oxidation sites excluding steroid dienone is 1. The van der Waals surface area contributed by atoms with E-state index < -0.39 is 23.7 Å². The van der Waals surface area contributed by atoms with Gasteiger partial charge in [-0.15, -0.1) is 0 Å². The van der Waals surface area contributed by atoms with Gasteiger partial charge in [0, 0.05) is 18.0 Å². The molecule has 3 fully saturated rings. The molecule has 186 valence electrons. The van der Waals surface area contributed by atoms with E-state index in [4.69, 9.17) is 9.47 Å². The van der Waals surface area contributed by atoms with E-state index in [0.717, 1.165) is 44.1 Å². The highest BCUT2D eigenvalue weighted by Gasteiger charge is 2.42. The summed E-state index contributed by atoms with van der Waals surface area (Å²) in [4.78, 5) is 27.1. The lowest BCUT2D eigenvalue weighted by Crippen LogP contribution is -2.43. The van der Waals surface area contributed by atoms with Gasteiger partial charge in [-0.05, 0) is 74.3 Å². The Hall–Kier alpha value is -2.37. The van der Waals surface area contributed by atoms with Gasteiger partial charge < -0.3 is 14.4 Å². The Morgan fingerprint density at radius 3 is 2.59 bits per heavy atom. The third-order valence-corrected chi connectivity index (χ3v) is 8.08. The lowest BCUT2D eigenvalue weighted by molar-refractivity contribution is -0.146. The molecule has 6 heteroatoms. The van der Waals surface area contributed by atoms with E-state index >= 15 is 4.39 Å². The lowest BCUT2D eigenvalue weighted by Gasteiger charge is -2.40. The minimum Gasteiger partial charge on any atom is -0.493 e. The van der Waals surface area contributed by atoms with E-state index in [1.54, 1.807) is 6.07 Å². The van der Waals surface area contributed by atoms with Crippen molar-refractivity contribution in [1.29, 1.82) is 0 Å². The molecule has 1 aromatic rings. The molecule has 4 atom stereocenters. The van der Waals surface area contributed by atoms with Gasteiger partial charge >= 0.3 is 5.97 Å². The summed E-state index contributed by atoms with van der Waals surface area (Å²) in [5, 5.41) is 0. The topological polar surface area (TPSA) is 55.8 Å². The minimum atomic E-state index is -0.678. The van der Waals surface area contributed by atoms with Crippen molar-refractivity contribution in [1.82, 2.24) is 4.90 Å². The van der Waals surface area contributed by atoms with E-state index in [0.29, 0.717) is 31.2 Å². The fourth-order valence-electron chi connectivity index (χ4n) is 6.07. The molecular formula is C28H38FNO4. The fourth-order valence-corrected chi connectivity index (χ4v) is 6.07. The summed E-state index contributed by atoms with van der Waals surface area (Å²) in [5.41, 5.74) is 2.20. The summed E-state index contributed by atoms with van der Waals surface area (Å²) in [6.07, 6.45) is 6.75. The highest BCUT2D eigenvalue weighted by atomic mass is 19.1. The molecule has 2 saturated carbocycles. The number of hydrogen-bond donors (Lipinski definition) is 0. The highest BCUT2D eigenvalue weighted by Crippen LogP contribution is 2.48. The summed E-state index contributed by atoms with van der Waals surface area (Å²) in [5.74, 6) is -0.124. The molecule has 0 spiro atoms. The number of halogens is 1. The number of amides is 1. The Balaban J connectivity index is 1.58. The molecule has 1 aromatic carbocycles. The molecule has 1 heterocycles. The van der Waals surface area contributed by atoms with Crippen molar-refractivity contribution in [3.8, 4) is 5.75 Å². The zero-order valence-electron chi connectivity index (χ0n) is 21.0. The molecule has 0 bridgehead atoms. The number of methoxy groups -OCH3 is 1. The maximum atomic E-state index is 15.3. The molecule has 1 saturated heterocycles. The molecule has 5 nitrogen and oxygen atoms in total. The first kappa shape index (κ1) is 24.7. The first-order valence-corrected chi connectivity index (χ1v) is 12.7. The SMILES string of the molecule is C=C1CC(C)CC(CC)(COc2cc(F)c(C(=O)N3CCC(C)[C@H]3C(=O)OC)cc2C2CC2)C1. The van der Waals surface area contributed by atoms with Gasteiger partial charge in [-0.2, -0.15) is 0 Å². The van der Waals surface area contributed by atoms with Crippen molar-refractivity contribution in [3.05, 3.63) is 41.2 Å². The van der Waals surface area contributed by atoms with Gasteiger partial charge in [-0.25, -0.2) is 9.18 Å². The number of benzene rings is 1. The largest absolute Gasteiger partial charge is 0.493 e. The highest BCUT2D eigenvalue weighted by molar-refractivity contribution is 5.98. The molecule has 0 N–H and O–H groups in total. The molecule has 4 rings (SSSR count). The van der Waals surface area contributed by atoms with Crippen molar-refractivity contribution in [2.75, 3.05) is 20.3 Å². The lowest BCUT2D eigenvalue weighted by atomic mass is 9.67. The van der Waals surface area contributed by atoms with Gasteiger partial charge in [-0.3, -0.25) is 4.79 Å². The summed E-state index contributed by atoms with van der Waals surface area (Å²) < 4.78 is 26.6. The second kappa shape index (κ2) is 9.71. The van der Waals surface area contributed by atoms with E-state index in [2.05, 4.69) is 20.4 Å². The van der Waals surface area contributed by atoms with Crippen LogP contribution in [0.1, 0.15) is 87.6 Å². The van der Waals surface area contributed by atoms with Gasteiger partial charge in [0.2, 0.25) is 0 Å². The average Bonchev–Trinajstić information content (AvgIpc) is 3.57. The number of esters is 1. The van der Waals surface area contributed by atoms with Crippen LogP contribution in [0.25, 0.3) is 0 Å². The van der Waals surface area contributed by atoms with Gasteiger partial charge in [-0.1, -0.05) is 32.9 Å². The Morgan fingerprint density at radius 2 is 1.97 bits per heavy atom. The van der Waals surface area contributed by atoms with Crippen molar-refractivity contribution < 1.29 is 23.5 Å². The van der Waals surface area contributed by atoms with Crippen molar-refractivity contribution in [2.45, 2.75) is 77.7 Å². The Labute approximate surface area is 202 Å². The Bertz CT molecular complexity index is 971. The van der Waals surface area contributed by atoms with Crippen LogP contribution in [-0.2, 0) is 9.53 Å². The van der Waals surface area contributed by atoms with Crippen molar-refractivity contribution in [3.63, 3.8) is 0 Å². The summed E-state index contributed by atoms with van der Waals surface area (Å²) in [6, 6.07) is 2.38. The van der Waals surface area contributed by atoms with Crippen LogP contribution in [0.3, 0.4) is 0 Å². The standard InChI is InChI=1S/C28H38FNO4/c1-6-28(14-17(2)11-18(3)15-28)16-34-24-13-23(29)22(12-21(24)20-7-8-20)26(31)30-10-9-19(4)25(30)27(32)33-5/h12-13,18-20,25H,2,6-11,14-16H2,1,3-5H3/t18?,19?,25-,28?/m0/s1. The second-order valence-electron chi connectivity index (χ2n) is 11.0. The average molecular weight is 472 g/mol. The van der Waals surface area contributed by atoms with E-state index in [9.17, 15) is 9.59 Å². The predicted octanol–water partition coefficient (Wildman–Crippen LogP) is 5.88. The normalized spacial score (nSPS) is 29.3. The smallest absolute Gasteiger partial charge is 0.328 e. The number of likely N-dealkylation sites (tertiary alicyclic amines) is 1. The predicted molar refractivity (Wildman–Crippen MR) is 129 cm³/mol. The van der Waals surface area contributed by atoms with Crippen LogP contribution in [0.15, 0.2) is 24.3 Å². The van der Waals surface area contributed by atoms with Crippen LogP contribution in [0.5, 0.6) is 5.75 Å². The first-order chi connectivity index (χ1) is 16.2. The van der Waals surface area contributed by atoms with Gasteiger partial charge in [0.25, 0.3) is 5.91 Å². The second-order valence-corrected chi connectivity index (χ2v) is 11.0. The third-order valence-electron chi connectivity index (χ3n) is 8.08. The quantitative estimate of drug-likeness (QED) is 0.368. The van der Waals surface area contributed by atoms with Crippen LogP contribution >= 0.6 is 0 Å². The number of nitrogens with zero attached hydrogens (tertiary/aromatic N) is 1. The van der Waals surface area contributed by atoms with Crippen molar-refractivity contribution in [2.24, 2.45) is 17.3 Å². The number of ether oxygens (including phenoxy) is 2. The summed E-state index contributed by atoms with van der Waals surface area (Å²) >= 11 is 0. The first-order valence-electron chi connectivity index (χ1n) is 12.7. The van der Waals surface area contributed by atoms with Crippen LogP contribution in [0, 0.1) is 23.1 Å². The monoisotopic (exact) mass is 471 g/mol. The third kappa shape index (κ3) is 4.87. The van der Waals surface area contributed by atoms with Crippen LogP contribution in [-0.4, -0.2) is 43.1 Å². The van der Waals surface area contributed by atoms with Crippen LogP contribution in [0.4, 0.5) is 4.39 Å². The molecule has 1 amide bonds. The summed E-state index contributed by atoms with van der Waals surface area (Å²) in [6.45, 7) is 11.5. The van der Waals surface area contributed by atoms with E-state index in [1.807, 2.05) is 6.92 Å². The van der Waals surface area contributed by atoms with Crippen LogP contribution < -0.4 is 4.74 Å². The number of rotatable bonds is 7.